The van der Waals surface area contributed by atoms with Gasteiger partial charge in [-0.15, -0.1) is 0 Å². The van der Waals surface area contributed by atoms with Crippen molar-refractivity contribution < 1.29 is 22.7 Å². The molecule has 1 saturated heterocycles. The van der Waals surface area contributed by atoms with Gasteiger partial charge in [0.25, 0.3) is 0 Å². The average Bonchev–Trinajstić information content (AvgIpc) is 2.74. The quantitative estimate of drug-likeness (QED) is 0.643. The van der Waals surface area contributed by atoms with Crippen LogP contribution in [0.25, 0.3) is 0 Å². The summed E-state index contributed by atoms with van der Waals surface area (Å²) in [7, 11) is -0.384. The fourth-order valence-electron chi connectivity index (χ4n) is 3.39. The number of carbonyl (C=O) groups is 1. The summed E-state index contributed by atoms with van der Waals surface area (Å²) in [6, 6.07) is 11.8. The molecule has 1 aliphatic rings. The first kappa shape index (κ1) is 21.3. The van der Waals surface area contributed by atoms with Crippen molar-refractivity contribution in [3.8, 4) is 11.5 Å². The molecule has 0 N–H and O–H groups in total. The van der Waals surface area contributed by atoms with Crippen molar-refractivity contribution in [1.82, 2.24) is 9.21 Å². The minimum absolute atomic E-state index is 0.00399. The van der Waals surface area contributed by atoms with Crippen LogP contribution >= 0.6 is 0 Å². The molecule has 0 bridgehead atoms. The standard InChI is InChI=1S/C21H26N2O5S/c1-16(24)17-4-9-21(28-3)18(14-17)15-22-10-12-23(13-11-22)29(25,26)20-7-5-19(27-2)6-8-20/h4-9,14H,10-13,15H2,1-3H3. The van der Waals surface area contributed by atoms with E-state index in [1.165, 1.54) is 11.2 Å². The topological polar surface area (TPSA) is 76.2 Å². The Kier molecular flexibility index (Phi) is 6.56. The van der Waals surface area contributed by atoms with Gasteiger partial charge < -0.3 is 9.47 Å². The third kappa shape index (κ3) is 4.77. The second-order valence-corrected chi connectivity index (χ2v) is 8.88. The van der Waals surface area contributed by atoms with Gasteiger partial charge in [0.05, 0.1) is 19.1 Å². The van der Waals surface area contributed by atoms with Gasteiger partial charge in [0.15, 0.2) is 5.78 Å². The van der Waals surface area contributed by atoms with Crippen molar-refractivity contribution >= 4 is 15.8 Å². The van der Waals surface area contributed by atoms with Gasteiger partial charge in [-0.25, -0.2) is 8.42 Å². The van der Waals surface area contributed by atoms with Crippen LogP contribution in [0.1, 0.15) is 22.8 Å². The molecule has 2 aromatic rings. The number of sulfonamides is 1. The number of piperazine rings is 1. The number of ketones is 1. The lowest BCUT2D eigenvalue weighted by molar-refractivity contribution is 0.101. The summed E-state index contributed by atoms with van der Waals surface area (Å²) in [4.78, 5) is 14.1. The van der Waals surface area contributed by atoms with Crippen LogP contribution in [0.2, 0.25) is 0 Å². The molecule has 0 radical (unpaired) electrons. The van der Waals surface area contributed by atoms with E-state index < -0.39 is 10.0 Å². The first-order chi connectivity index (χ1) is 13.8. The summed E-state index contributed by atoms with van der Waals surface area (Å²) in [5, 5.41) is 0. The van der Waals surface area contributed by atoms with E-state index in [1.54, 1.807) is 50.6 Å². The lowest BCUT2D eigenvalue weighted by Gasteiger charge is -2.34. The molecular weight excluding hydrogens is 392 g/mol. The van der Waals surface area contributed by atoms with Crippen molar-refractivity contribution in [1.29, 1.82) is 0 Å². The van der Waals surface area contributed by atoms with Crippen molar-refractivity contribution in [2.24, 2.45) is 0 Å². The Hall–Kier alpha value is -2.42. The first-order valence-electron chi connectivity index (χ1n) is 9.39. The number of hydrogen-bond acceptors (Lipinski definition) is 6. The highest BCUT2D eigenvalue weighted by Gasteiger charge is 2.28. The van der Waals surface area contributed by atoms with E-state index in [1.807, 2.05) is 6.07 Å². The van der Waals surface area contributed by atoms with Crippen LogP contribution in [0, 0.1) is 0 Å². The minimum Gasteiger partial charge on any atom is -0.497 e. The normalized spacial score (nSPS) is 15.8. The summed E-state index contributed by atoms with van der Waals surface area (Å²) < 4.78 is 37.8. The highest BCUT2D eigenvalue weighted by atomic mass is 32.2. The van der Waals surface area contributed by atoms with Crippen LogP contribution in [0.15, 0.2) is 47.4 Å². The maximum atomic E-state index is 12.9. The molecule has 3 rings (SSSR count). The summed E-state index contributed by atoms with van der Waals surface area (Å²) in [6.45, 7) is 4.15. The highest BCUT2D eigenvalue weighted by molar-refractivity contribution is 7.89. The van der Waals surface area contributed by atoms with Gasteiger partial charge >= 0.3 is 0 Å². The van der Waals surface area contributed by atoms with Gasteiger partial charge in [-0.2, -0.15) is 4.31 Å². The lowest BCUT2D eigenvalue weighted by atomic mass is 10.1. The number of rotatable bonds is 7. The predicted octanol–water partition coefficient (Wildman–Crippen LogP) is 2.41. The van der Waals surface area contributed by atoms with E-state index in [0.717, 1.165) is 11.3 Å². The van der Waals surface area contributed by atoms with Crippen molar-refractivity contribution in [3.63, 3.8) is 0 Å². The fraction of sp³-hybridized carbons (Fsp3) is 0.381. The number of hydrogen-bond donors (Lipinski definition) is 0. The van der Waals surface area contributed by atoms with Gasteiger partial charge in [0, 0.05) is 43.9 Å². The van der Waals surface area contributed by atoms with Crippen LogP contribution in [0.5, 0.6) is 11.5 Å². The lowest BCUT2D eigenvalue weighted by Crippen LogP contribution is -2.48. The maximum absolute atomic E-state index is 12.9. The molecule has 0 saturated carbocycles. The molecule has 2 aromatic carbocycles. The monoisotopic (exact) mass is 418 g/mol. The van der Waals surface area contributed by atoms with E-state index >= 15 is 0 Å². The van der Waals surface area contributed by atoms with E-state index in [-0.39, 0.29) is 10.7 Å². The van der Waals surface area contributed by atoms with Crippen LogP contribution in [0.3, 0.4) is 0 Å². The SMILES string of the molecule is COc1ccc(S(=O)(=O)N2CCN(Cc3cc(C(C)=O)ccc3OC)CC2)cc1. The molecule has 0 unspecified atom stereocenters. The van der Waals surface area contributed by atoms with Crippen LogP contribution in [-0.4, -0.2) is 63.8 Å². The largest absolute Gasteiger partial charge is 0.497 e. The Morgan fingerprint density at radius 3 is 2.17 bits per heavy atom. The van der Waals surface area contributed by atoms with Gasteiger partial charge in [0.1, 0.15) is 11.5 Å². The number of benzene rings is 2. The second-order valence-electron chi connectivity index (χ2n) is 6.94. The van der Waals surface area contributed by atoms with E-state index in [2.05, 4.69) is 4.90 Å². The van der Waals surface area contributed by atoms with Crippen LogP contribution < -0.4 is 9.47 Å². The van der Waals surface area contributed by atoms with Gasteiger partial charge in [-0.05, 0) is 49.4 Å². The zero-order valence-electron chi connectivity index (χ0n) is 16.9. The van der Waals surface area contributed by atoms with Gasteiger partial charge in [-0.3, -0.25) is 9.69 Å². The average molecular weight is 419 g/mol. The summed E-state index contributed by atoms with van der Waals surface area (Å²) >= 11 is 0. The Balaban J connectivity index is 1.67. The number of methoxy groups -OCH3 is 2. The fourth-order valence-corrected chi connectivity index (χ4v) is 4.81. The van der Waals surface area contributed by atoms with E-state index in [4.69, 9.17) is 9.47 Å². The van der Waals surface area contributed by atoms with Crippen LogP contribution in [-0.2, 0) is 16.6 Å². The Bertz CT molecular complexity index is 965. The Labute approximate surface area is 171 Å². The Morgan fingerprint density at radius 1 is 0.966 bits per heavy atom. The molecule has 0 amide bonds. The van der Waals surface area contributed by atoms with Crippen molar-refractivity contribution in [2.45, 2.75) is 18.4 Å². The molecule has 0 aliphatic carbocycles. The maximum Gasteiger partial charge on any atom is 0.243 e. The van der Waals surface area contributed by atoms with E-state index in [0.29, 0.717) is 44.0 Å². The molecule has 8 heteroatoms. The number of ether oxygens (including phenoxy) is 2. The van der Waals surface area contributed by atoms with Gasteiger partial charge in [-0.1, -0.05) is 0 Å². The number of nitrogens with zero attached hydrogens (tertiary/aromatic N) is 2. The molecule has 0 atom stereocenters. The van der Waals surface area contributed by atoms with Crippen LogP contribution in [0.4, 0.5) is 0 Å². The third-order valence-corrected chi connectivity index (χ3v) is 7.02. The smallest absolute Gasteiger partial charge is 0.243 e. The zero-order valence-corrected chi connectivity index (χ0v) is 17.7. The molecule has 7 nitrogen and oxygen atoms in total. The van der Waals surface area contributed by atoms with Gasteiger partial charge in [0.2, 0.25) is 10.0 Å². The Morgan fingerprint density at radius 2 is 1.62 bits per heavy atom. The predicted molar refractivity (Wildman–Crippen MR) is 110 cm³/mol. The van der Waals surface area contributed by atoms with E-state index in [9.17, 15) is 13.2 Å². The third-order valence-electron chi connectivity index (χ3n) is 5.11. The molecular formula is C21H26N2O5S. The summed E-state index contributed by atoms with van der Waals surface area (Å²) in [6.07, 6.45) is 0. The number of carbonyl (C=O) groups excluding carboxylic acids is 1. The molecule has 156 valence electrons. The van der Waals surface area contributed by atoms with Crippen molar-refractivity contribution in [2.75, 3.05) is 40.4 Å². The first-order valence-corrected chi connectivity index (χ1v) is 10.8. The molecule has 1 fully saturated rings. The molecule has 1 heterocycles. The summed E-state index contributed by atoms with van der Waals surface area (Å²) in [5.41, 5.74) is 1.56. The minimum atomic E-state index is -3.53. The second kappa shape index (κ2) is 8.94. The van der Waals surface area contributed by atoms with Crippen molar-refractivity contribution in [3.05, 3.63) is 53.6 Å². The molecule has 0 aromatic heterocycles. The molecule has 1 aliphatic heterocycles. The molecule has 0 spiro atoms. The molecule has 29 heavy (non-hydrogen) atoms. The number of Topliss-reactive ketones (excluding diaryl/α,β-unsaturated/α-hetero) is 1. The zero-order chi connectivity index (χ0) is 21.0. The highest BCUT2D eigenvalue weighted by Crippen LogP contribution is 2.24. The summed E-state index contributed by atoms with van der Waals surface area (Å²) in [5.74, 6) is 1.35.